The van der Waals surface area contributed by atoms with Crippen molar-refractivity contribution in [3.8, 4) is 5.88 Å². The maximum Gasteiger partial charge on any atom is 0.338 e. The van der Waals surface area contributed by atoms with Crippen molar-refractivity contribution in [2.75, 3.05) is 56.4 Å². The van der Waals surface area contributed by atoms with Crippen LogP contribution in [0.3, 0.4) is 0 Å². The van der Waals surface area contributed by atoms with Crippen molar-refractivity contribution in [1.29, 1.82) is 5.41 Å². The van der Waals surface area contributed by atoms with Crippen LogP contribution in [0.25, 0.3) is 0 Å². The summed E-state index contributed by atoms with van der Waals surface area (Å²) in [6.07, 6.45) is 0.649. The smallest absolute Gasteiger partial charge is 0.338 e. The normalized spacial score (nSPS) is 18.2. The molecule has 0 radical (unpaired) electrons. The summed E-state index contributed by atoms with van der Waals surface area (Å²) >= 11 is 0. The Balaban J connectivity index is 1.79. The average molecular weight is 610 g/mol. The van der Waals surface area contributed by atoms with Gasteiger partial charge < -0.3 is 25.6 Å². The Morgan fingerprint density at radius 2 is 1.80 bits per heavy atom. The van der Waals surface area contributed by atoms with Gasteiger partial charge in [-0.15, -0.1) is 10.2 Å². The molecule has 1 atom stereocenters. The SMILES string of the molecule is CCNC(=O)Nc1ccc(N/C(CN(C)C)=C2\C(=N)N(CC3=C(F)C=CCC3F)C(=O)N(c3ccc(OC)nn3)C2=O)cc1. The number of allylic oxidation sites excluding steroid dienone is 3. The zero-order valence-electron chi connectivity index (χ0n) is 24.6. The molecule has 0 spiro atoms. The third-order valence-electron chi connectivity index (χ3n) is 6.58. The molecule has 2 aliphatic rings. The number of nitrogens with zero attached hydrogens (tertiary/aromatic N) is 5. The third-order valence-corrected chi connectivity index (χ3v) is 6.58. The number of hydrogen-bond acceptors (Lipinski definition) is 9. The molecule has 0 bridgehead atoms. The molecule has 1 aromatic heterocycles. The summed E-state index contributed by atoms with van der Waals surface area (Å²) in [5.41, 5.74) is 0.711. The summed E-state index contributed by atoms with van der Waals surface area (Å²) in [5.74, 6) is -2.32. The number of halogens is 2. The molecule has 0 saturated carbocycles. The number of methoxy groups -OCH3 is 1. The second-order valence-electron chi connectivity index (χ2n) is 10.0. The van der Waals surface area contributed by atoms with Crippen LogP contribution in [0.2, 0.25) is 0 Å². The number of nitrogens with one attached hydrogen (secondary N) is 4. The van der Waals surface area contributed by atoms with Crippen molar-refractivity contribution in [3.63, 3.8) is 0 Å². The highest BCUT2D eigenvalue weighted by Crippen LogP contribution is 2.30. The molecule has 1 aliphatic heterocycles. The standard InChI is InChI=1S/C29H33F2N9O4/c1-5-33-28(42)35-18-11-9-17(10-12-18)34-22(16-38(2)3)25-26(32)39(15-19-20(30)7-6-8-21(19)31)29(43)40(27(25)41)23-13-14-24(44-4)37-36-23/h6-7,9-14,21,32,34H,5,8,15-16H2,1-4H3,(H2,33,35,42)/b25-22+,32-26?. The Labute approximate surface area is 252 Å². The van der Waals surface area contributed by atoms with E-state index in [4.69, 9.17) is 10.1 Å². The van der Waals surface area contributed by atoms with E-state index in [0.29, 0.717) is 22.8 Å². The van der Waals surface area contributed by atoms with Crippen molar-refractivity contribution in [3.05, 3.63) is 71.2 Å². The van der Waals surface area contributed by atoms with Crippen LogP contribution < -0.4 is 25.6 Å². The number of anilines is 3. The summed E-state index contributed by atoms with van der Waals surface area (Å²) in [4.78, 5) is 42.9. The average Bonchev–Trinajstić information content (AvgIpc) is 2.97. The highest BCUT2D eigenvalue weighted by Gasteiger charge is 2.44. The maximum absolute atomic E-state index is 14.8. The van der Waals surface area contributed by atoms with Gasteiger partial charge in [0.1, 0.15) is 23.4 Å². The Bertz CT molecular complexity index is 1520. The van der Waals surface area contributed by atoms with Crippen LogP contribution in [0.4, 0.5) is 35.6 Å². The number of amides is 5. The number of alkyl halides is 1. The van der Waals surface area contributed by atoms with Crippen molar-refractivity contribution >= 4 is 41.0 Å². The van der Waals surface area contributed by atoms with Gasteiger partial charge in [0.25, 0.3) is 5.91 Å². The van der Waals surface area contributed by atoms with Crippen LogP contribution in [-0.2, 0) is 4.79 Å². The van der Waals surface area contributed by atoms with Gasteiger partial charge in [-0.1, -0.05) is 6.08 Å². The minimum absolute atomic E-state index is 0.0915. The molecule has 1 unspecified atom stereocenters. The number of imide groups is 1. The zero-order chi connectivity index (χ0) is 32.0. The van der Waals surface area contributed by atoms with Crippen LogP contribution in [0.1, 0.15) is 13.3 Å². The van der Waals surface area contributed by atoms with Crippen LogP contribution in [0.5, 0.6) is 5.88 Å². The quantitative estimate of drug-likeness (QED) is 0.296. The molecule has 1 aliphatic carbocycles. The number of hydrogen-bond donors (Lipinski definition) is 4. The highest BCUT2D eigenvalue weighted by molar-refractivity contribution is 6.38. The fraction of sp³-hybridized carbons (Fsp3) is 0.310. The molecule has 1 saturated heterocycles. The van der Waals surface area contributed by atoms with E-state index in [1.165, 1.54) is 25.3 Å². The van der Waals surface area contributed by atoms with Gasteiger partial charge in [-0.3, -0.25) is 15.1 Å². The first-order chi connectivity index (χ1) is 21.0. The third kappa shape index (κ3) is 7.06. The summed E-state index contributed by atoms with van der Waals surface area (Å²) in [6.45, 7) is 1.75. The van der Waals surface area contributed by atoms with Crippen molar-refractivity contribution in [2.24, 2.45) is 0 Å². The van der Waals surface area contributed by atoms with E-state index < -0.39 is 36.3 Å². The van der Waals surface area contributed by atoms with E-state index in [0.717, 1.165) is 11.0 Å². The van der Waals surface area contributed by atoms with E-state index >= 15 is 0 Å². The fourth-order valence-corrected chi connectivity index (χ4v) is 4.49. The minimum Gasteiger partial charge on any atom is -0.480 e. The van der Waals surface area contributed by atoms with E-state index in [9.17, 15) is 23.2 Å². The second kappa shape index (κ2) is 13.9. The number of carbonyl (C=O) groups excluding carboxylic acids is 3. The highest BCUT2D eigenvalue weighted by atomic mass is 19.1. The first kappa shape index (κ1) is 31.7. The first-order valence-electron chi connectivity index (χ1n) is 13.7. The van der Waals surface area contributed by atoms with E-state index in [-0.39, 0.29) is 47.5 Å². The Hall–Kier alpha value is -5.18. The monoisotopic (exact) mass is 609 g/mol. The number of amidine groups is 1. The van der Waals surface area contributed by atoms with E-state index in [1.54, 1.807) is 50.2 Å². The lowest BCUT2D eigenvalue weighted by atomic mass is 9.99. The Morgan fingerprint density at radius 1 is 1.11 bits per heavy atom. The lowest BCUT2D eigenvalue weighted by molar-refractivity contribution is -0.114. The Morgan fingerprint density at radius 3 is 2.36 bits per heavy atom. The van der Waals surface area contributed by atoms with Gasteiger partial charge in [0.2, 0.25) is 5.88 Å². The lowest BCUT2D eigenvalue weighted by Gasteiger charge is -2.37. The predicted octanol–water partition coefficient (Wildman–Crippen LogP) is 3.82. The molecule has 2 aromatic rings. The number of benzene rings is 1. The largest absolute Gasteiger partial charge is 0.480 e. The second-order valence-corrected chi connectivity index (χ2v) is 10.0. The summed E-state index contributed by atoms with van der Waals surface area (Å²) in [7, 11) is 4.87. The van der Waals surface area contributed by atoms with E-state index in [2.05, 4.69) is 26.1 Å². The van der Waals surface area contributed by atoms with Crippen LogP contribution >= 0.6 is 0 Å². The molecular weight excluding hydrogens is 576 g/mol. The minimum atomic E-state index is -1.72. The van der Waals surface area contributed by atoms with Gasteiger partial charge in [0.05, 0.1) is 13.7 Å². The summed E-state index contributed by atoms with van der Waals surface area (Å²) < 4.78 is 34.6. The van der Waals surface area contributed by atoms with Crippen molar-refractivity contribution in [2.45, 2.75) is 19.5 Å². The number of likely N-dealkylation sites (N-methyl/N-ethyl adjacent to an activating group) is 1. The van der Waals surface area contributed by atoms with E-state index in [1.807, 2.05) is 0 Å². The Kier molecular flexibility index (Phi) is 10.0. The number of aromatic nitrogens is 2. The molecule has 2 heterocycles. The number of ether oxygens (including phenoxy) is 1. The van der Waals surface area contributed by atoms with Crippen LogP contribution in [-0.4, -0.2) is 90.8 Å². The van der Waals surface area contributed by atoms with Crippen LogP contribution in [0, 0.1) is 5.41 Å². The maximum atomic E-state index is 14.8. The predicted molar refractivity (Wildman–Crippen MR) is 161 cm³/mol. The molecule has 15 heteroatoms. The molecule has 44 heavy (non-hydrogen) atoms. The molecule has 13 nitrogen and oxygen atoms in total. The first-order valence-corrected chi connectivity index (χ1v) is 13.7. The van der Waals surface area contributed by atoms with Crippen LogP contribution in [0.15, 0.2) is 71.2 Å². The molecule has 1 aromatic carbocycles. The van der Waals surface area contributed by atoms with Gasteiger partial charge in [0, 0.05) is 48.2 Å². The van der Waals surface area contributed by atoms with Gasteiger partial charge in [-0.25, -0.2) is 23.3 Å². The summed E-state index contributed by atoms with van der Waals surface area (Å²) in [6, 6.07) is 7.96. The van der Waals surface area contributed by atoms with Crippen molar-refractivity contribution in [1.82, 2.24) is 25.3 Å². The number of carbonyl (C=O) groups is 3. The van der Waals surface area contributed by atoms with Crippen molar-refractivity contribution < 1.29 is 27.9 Å². The van der Waals surface area contributed by atoms with Gasteiger partial charge >= 0.3 is 12.1 Å². The molecule has 4 rings (SSSR count). The number of urea groups is 2. The fourth-order valence-electron chi connectivity index (χ4n) is 4.49. The molecule has 5 amide bonds. The molecule has 232 valence electrons. The number of rotatable bonds is 10. The summed E-state index contributed by atoms with van der Waals surface area (Å²) in [5, 5.41) is 25.2. The zero-order valence-corrected chi connectivity index (χ0v) is 24.6. The lowest BCUT2D eigenvalue weighted by Crippen LogP contribution is -2.58. The molecular formula is C29H33F2N9O4. The topological polar surface area (TPSA) is 156 Å². The molecule has 4 N–H and O–H groups in total. The molecule has 1 fully saturated rings. The van der Waals surface area contributed by atoms with Gasteiger partial charge in [-0.05, 0) is 57.4 Å². The van der Waals surface area contributed by atoms with Gasteiger partial charge in [-0.2, -0.15) is 0 Å². The van der Waals surface area contributed by atoms with Gasteiger partial charge in [0.15, 0.2) is 5.82 Å².